The number of hydrogen-bond acceptors (Lipinski definition) is 5. The minimum absolute atomic E-state index is 0.256. The van der Waals surface area contributed by atoms with Crippen LogP contribution in [0.5, 0.6) is 17.5 Å². The van der Waals surface area contributed by atoms with Gasteiger partial charge in [-0.2, -0.15) is 0 Å². The van der Waals surface area contributed by atoms with Crippen LogP contribution in [0.2, 0.25) is 5.02 Å². The summed E-state index contributed by atoms with van der Waals surface area (Å²) < 4.78 is 11.4. The van der Waals surface area contributed by atoms with E-state index in [0.717, 1.165) is 5.56 Å². The average molecular weight is 432 g/mol. The molecule has 0 aliphatic heterocycles. The minimum atomic E-state index is -0.272. The minimum Gasteiger partial charge on any atom is -0.488 e. The number of carbonyl (C=O) groups is 1. The van der Waals surface area contributed by atoms with Gasteiger partial charge < -0.3 is 14.8 Å². The number of nitrogens with zero attached hydrogens (tertiary/aromatic N) is 2. The first-order valence-corrected chi connectivity index (χ1v) is 9.88. The summed E-state index contributed by atoms with van der Waals surface area (Å²) >= 11 is 5.92. The molecule has 154 valence electrons. The smallest absolute Gasteiger partial charge is 0.321 e. The lowest BCUT2D eigenvalue weighted by Gasteiger charge is -2.12. The van der Waals surface area contributed by atoms with Gasteiger partial charge in [0.1, 0.15) is 18.1 Å². The lowest BCUT2D eigenvalue weighted by molar-refractivity contribution is 0.102. The first-order valence-electron chi connectivity index (χ1n) is 9.50. The summed E-state index contributed by atoms with van der Waals surface area (Å²) in [5.74, 6) is 0.791. The molecule has 1 aromatic heterocycles. The van der Waals surface area contributed by atoms with Crippen LogP contribution in [0.3, 0.4) is 0 Å². The number of nitrogens with one attached hydrogen (secondary N) is 1. The van der Waals surface area contributed by atoms with E-state index < -0.39 is 0 Å². The molecule has 3 aromatic carbocycles. The van der Waals surface area contributed by atoms with Crippen LogP contribution >= 0.6 is 11.6 Å². The van der Waals surface area contributed by atoms with Crippen LogP contribution in [0.1, 0.15) is 15.9 Å². The fourth-order valence-corrected chi connectivity index (χ4v) is 2.90. The fourth-order valence-electron chi connectivity index (χ4n) is 2.77. The third-order valence-electron chi connectivity index (χ3n) is 4.30. The van der Waals surface area contributed by atoms with Crippen LogP contribution in [0, 0.1) is 0 Å². The zero-order valence-electron chi connectivity index (χ0n) is 16.4. The zero-order valence-corrected chi connectivity index (χ0v) is 17.1. The molecule has 4 rings (SSSR count). The molecule has 0 saturated heterocycles. The second-order valence-corrected chi connectivity index (χ2v) is 6.96. The van der Waals surface area contributed by atoms with Gasteiger partial charge in [0.15, 0.2) is 0 Å². The van der Waals surface area contributed by atoms with Gasteiger partial charge in [-0.25, -0.2) is 9.97 Å². The van der Waals surface area contributed by atoms with Crippen molar-refractivity contribution in [1.29, 1.82) is 0 Å². The second-order valence-electron chi connectivity index (χ2n) is 6.52. The normalized spacial score (nSPS) is 10.4. The van der Waals surface area contributed by atoms with Gasteiger partial charge in [-0.05, 0) is 60.2 Å². The van der Waals surface area contributed by atoms with Crippen LogP contribution < -0.4 is 14.8 Å². The molecule has 1 heterocycles. The van der Waals surface area contributed by atoms with E-state index in [1.165, 1.54) is 0 Å². The Labute approximate surface area is 184 Å². The Morgan fingerprint density at radius 3 is 2.32 bits per heavy atom. The molecule has 1 amide bonds. The van der Waals surface area contributed by atoms with E-state index in [1.807, 2.05) is 18.2 Å². The summed E-state index contributed by atoms with van der Waals surface area (Å²) in [6.45, 7) is 0.328. The van der Waals surface area contributed by atoms with E-state index in [4.69, 9.17) is 21.1 Å². The van der Waals surface area contributed by atoms with Gasteiger partial charge in [0.05, 0.1) is 5.56 Å². The van der Waals surface area contributed by atoms with Crippen LogP contribution in [-0.4, -0.2) is 15.9 Å². The molecular weight excluding hydrogens is 414 g/mol. The highest BCUT2D eigenvalue weighted by molar-refractivity contribution is 6.30. The second kappa shape index (κ2) is 9.73. The molecule has 0 spiro atoms. The number of rotatable bonds is 7. The summed E-state index contributed by atoms with van der Waals surface area (Å²) in [7, 11) is 0. The van der Waals surface area contributed by atoms with E-state index in [0.29, 0.717) is 34.4 Å². The lowest BCUT2D eigenvalue weighted by atomic mass is 10.1. The number of ether oxygens (including phenoxy) is 2. The van der Waals surface area contributed by atoms with Gasteiger partial charge in [-0.15, -0.1) is 0 Å². The number of benzene rings is 3. The van der Waals surface area contributed by atoms with E-state index in [-0.39, 0.29) is 11.9 Å². The molecule has 0 unspecified atom stereocenters. The summed E-state index contributed by atoms with van der Waals surface area (Å²) in [5, 5.41) is 3.54. The first kappa shape index (κ1) is 20.4. The third-order valence-corrected chi connectivity index (χ3v) is 4.55. The lowest BCUT2D eigenvalue weighted by Crippen LogP contribution is -2.13. The van der Waals surface area contributed by atoms with Crippen LogP contribution in [-0.2, 0) is 6.61 Å². The molecule has 0 bridgehead atoms. The van der Waals surface area contributed by atoms with Gasteiger partial charge in [-0.1, -0.05) is 35.9 Å². The number of halogens is 1. The van der Waals surface area contributed by atoms with Gasteiger partial charge in [0.2, 0.25) is 0 Å². The molecule has 0 radical (unpaired) electrons. The predicted molar refractivity (Wildman–Crippen MR) is 119 cm³/mol. The Bertz CT molecular complexity index is 1150. The quantitative estimate of drug-likeness (QED) is 0.403. The summed E-state index contributed by atoms with van der Waals surface area (Å²) in [5.41, 5.74) is 2.02. The predicted octanol–water partition coefficient (Wildman–Crippen LogP) is 5.75. The summed E-state index contributed by atoms with van der Waals surface area (Å²) in [6.07, 6.45) is 3.20. The largest absolute Gasteiger partial charge is 0.488 e. The average Bonchev–Trinajstić information content (AvgIpc) is 2.81. The molecule has 0 aliphatic rings. The maximum atomic E-state index is 12.8. The molecule has 31 heavy (non-hydrogen) atoms. The Hall–Kier alpha value is -3.90. The molecule has 0 aliphatic carbocycles. The summed E-state index contributed by atoms with van der Waals surface area (Å²) in [4.78, 5) is 20.8. The highest BCUT2D eigenvalue weighted by Crippen LogP contribution is 2.23. The molecule has 1 N–H and O–H groups in total. The number of carbonyl (C=O) groups excluding carboxylic acids is 1. The monoisotopic (exact) mass is 431 g/mol. The molecule has 4 aromatic rings. The van der Waals surface area contributed by atoms with Crippen molar-refractivity contribution < 1.29 is 14.3 Å². The molecule has 6 nitrogen and oxygen atoms in total. The van der Waals surface area contributed by atoms with Crippen molar-refractivity contribution in [3.05, 3.63) is 107 Å². The number of anilines is 1. The van der Waals surface area contributed by atoms with Crippen molar-refractivity contribution >= 4 is 23.2 Å². The first-order chi connectivity index (χ1) is 15.2. The van der Waals surface area contributed by atoms with E-state index in [1.54, 1.807) is 73.1 Å². The third kappa shape index (κ3) is 5.58. The highest BCUT2D eigenvalue weighted by atomic mass is 35.5. The number of amides is 1. The standard InChI is InChI=1S/C24H18ClN3O3/c25-18-8-6-17(7-9-18)16-30-22-5-2-1-4-21(22)23(29)28-19-10-12-20(13-11-19)31-24-26-14-3-15-27-24/h1-15H,16H2,(H,28,29). The highest BCUT2D eigenvalue weighted by Gasteiger charge is 2.13. The number of para-hydroxylation sites is 1. The van der Waals surface area contributed by atoms with Gasteiger partial charge >= 0.3 is 6.01 Å². The molecule has 0 saturated carbocycles. The van der Waals surface area contributed by atoms with Crippen molar-refractivity contribution in [1.82, 2.24) is 9.97 Å². The Kier molecular flexibility index (Phi) is 6.40. The van der Waals surface area contributed by atoms with Crippen molar-refractivity contribution in [2.24, 2.45) is 0 Å². The Balaban J connectivity index is 1.41. The van der Waals surface area contributed by atoms with Gasteiger partial charge in [0, 0.05) is 23.1 Å². The Morgan fingerprint density at radius 1 is 0.871 bits per heavy atom. The van der Waals surface area contributed by atoms with E-state index in [9.17, 15) is 4.79 Å². The molecular formula is C24H18ClN3O3. The fraction of sp³-hybridized carbons (Fsp3) is 0.0417. The van der Waals surface area contributed by atoms with Crippen LogP contribution in [0.25, 0.3) is 0 Å². The summed E-state index contributed by atoms with van der Waals surface area (Å²) in [6, 6.07) is 23.4. The molecule has 7 heteroatoms. The topological polar surface area (TPSA) is 73.3 Å². The van der Waals surface area contributed by atoms with Gasteiger partial charge in [0.25, 0.3) is 5.91 Å². The van der Waals surface area contributed by atoms with Gasteiger partial charge in [-0.3, -0.25) is 4.79 Å². The maximum absolute atomic E-state index is 12.8. The number of hydrogen-bond donors (Lipinski definition) is 1. The molecule has 0 fully saturated rings. The zero-order chi connectivity index (χ0) is 21.5. The van der Waals surface area contributed by atoms with Crippen molar-refractivity contribution in [3.63, 3.8) is 0 Å². The van der Waals surface area contributed by atoms with E-state index >= 15 is 0 Å². The van der Waals surface area contributed by atoms with Crippen LogP contribution in [0.15, 0.2) is 91.3 Å². The van der Waals surface area contributed by atoms with Crippen LogP contribution in [0.4, 0.5) is 5.69 Å². The maximum Gasteiger partial charge on any atom is 0.321 e. The van der Waals surface area contributed by atoms with Crippen molar-refractivity contribution in [2.75, 3.05) is 5.32 Å². The van der Waals surface area contributed by atoms with Crippen molar-refractivity contribution in [3.8, 4) is 17.5 Å². The van der Waals surface area contributed by atoms with Crippen molar-refractivity contribution in [2.45, 2.75) is 6.61 Å². The molecule has 0 atom stereocenters. The number of aromatic nitrogens is 2. The van der Waals surface area contributed by atoms with E-state index in [2.05, 4.69) is 15.3 Å². The SMILES string of the molecule is O=C(Nc1ccc(Oc2ncccn2)cc1)c1ccccc1OCc1ccc(Cl)cc1. The Morgan fingerprint density at radius 2 is 1.58 bits per heavy atom.